The third-order valence-electron chi connectivity index (χ3n) is 3.30. The zero-order valence-corrected chi connectivity index (χ0v) is 12.8. The number of rotatable bonds is 7. The van der Waals surface area contributed by atoms with Crippen molar-refractivity contribution in [1.82, 2.24) is 5.32 Å². The molecule has 108 valence electrons. The van der Waals surface area contributed by atoms with E-state index in [0.29, 0.717) is 0 Å². The molecule has 0 unspecified atom stereocenters. The van der Waals surface area contributed by atoms with Crippen LogP contribution in [0.3, 0.4) is 0 Å². The molecule has 2 aromatic rings. The summed E-state index contributed by atoms with van der Waals surface area (Å²) >= 11 is 6.36. The third-order valence-corrected chi connectivity index (χ3v) is 3.65. The Kier molecular flexibility index (Phi) is 5.50. The van der Waals surface area contributed by atoms with Crippen molar-refractivity contribution in [3.63, 3.8) is 0 Å². The van der Waals surface area contributed by atoms with E-state index in [-0.39, 0.29) is 0 Å². The monoisotopic (exact) mass is 292 g/mol. The van der Waals surface area contributed by atoms with Gasteiger partial charge in [-0.3, -0.25) is 0 Å². The van der Waals surface area contributed by atoms with Crippen LogP contribution in [0.5, 0.6) is 0 Å². The van der Waals surface area contributed by atoms with E-state index in [4.69, 9.17) is 16.0 Å². The molecule has 0 bridgehead atoms. The Morgan fingerprint density at radius 2 is 2.05 bits per heavy atom. The average molecular weight is 293 g/mol. The van der Waals surface area contributed by atoms with Crippen molar-refractivity contribution in [2.75, 3.05) is 18.0 Å². The van der Waals surface area contributed by atoms with E-state index < -0.39 is 0 Å². The molecule has 0 aliphatic rings. The van der Waals surface area contributed by atoms with Gasteiger partial charge in [0.1, 0.15) is 5.76 Å². The summed E-state index contributed by atoms with van der Waals surface area (Å²) in [7, 11) is 0. The van der Waals surface area contributed by atoms with Gasteiger partial charge in [-0.2, -0.15) is 0 Å². The molecule has 0 amide bonds. The van der Waals surface area contributed by atoms with Gasteiger partial charge >= 0.3 is 0 Å². The molecule has 4 heteroatoms. The molecule has 1 aromatic heterocycles. The van der Waals surface area contributed by atoms with Gasteiger partial charge in [-0.25, -0.2) is 0 Å². The molecular formula is C16H21ClN2O. The van der Waals surface area contributed by atoms with E-state index in [9.17, 15) is 0 Å². The lowest BCUT2D eigenvalue weighted by Gasteiger charge is -2.25. The number of hydrogen-bond acceptors (Lipinski definition) is 3. The molecule has 3 nitrogen and oxygen atoms in total. The van der Waals surface area contributed by atoms with E-state index in [0.717, 1.165) is 48.2 Å². The van der Waals surface area contributed by atoms with Crippen LogP contribution in [0.1, 0.15) is 25.2 Å². The maximum atomic E-state index is 6.36. The Bertz CT molecular complexity index is 525. The molecular weight excluding hydrogens is 272 g/mol. The zero-order chi connectivity index (χ0) is 14.4. The van der Waals surface area contributed by atoms with Gasteiger partial charge in [0.25, 0.3) is 0 Å². The molecule has 0 saturated carbocycles. The van der Waals surface area contributed by atoms with E-state index in [1.165, 1.54) is 0 Å². The van der Waals surface area contributed by atoms with E-state index in [1.54, 1.807) is 6.26 Å². The molecule has 0 aliphatic carbocycles. The van der Waals surface area contributed by atoms with E-state index >= 15 is 0 Å². The summed E-state index contributed by atoms with van der Waals surface area (Å²) in [6, 6.07) is 9.97. The predicted molar refractivity (Wildman–Crippen MR) is 84.3 cm³/mol. The van der Waals surface area contributed by atoms with Crippen LogP contribution in [0.4, 0.5) is 5.69 Å². The first-order valence-corrected chi connectivity index (χ1v) is 7.39. The average Bonchev–Trinajstić information content (AvgIpc) is 2.96. The zero-order valence-electron chi connectivity index (χ0n) is 12.0. The van der Waals surface area contributed by atoms with Crippen LogP contribution in [0.25, 0.3) is 0 Å². The first-order valence-electron chi connectivity index (χ1n) is 7.01. The number of nitrogens with one attached hydrogen (secondary N) is 1. The summed E-state index contributed by atoms with van der Waals surface area (Å²) in [4.78, 5) is 2.28. The SMILES string of the molecule is CCNCc1c(Cl)cccc1N(CC)Cc1ccco1. The quantitative estimate of drug-likeness (QED) is 0.834. The van der Waals surface area contributed by atoms with Crippen molar-refractivity contribution in [2.45, 2.75) is 26.9 Å². The molecule has 0 fully saturated rings. The normalized spacial score (nSPS) is 10.8. The molecule has 0 spiro atoms. The lowest BCUT2D eigenvalue weighted by Crippen LogP contribution is -2.24. The fraction of sp³-hybridized carbons (Fsp3) is 0.375. The van der Waals surface area contributed by atoms with Crippen molar-refractivity contribution in [3.05, 3.63) is 52.9 Å². The maximum Gasteiger partial charge on any atom is 0.123 e. The summed E-state index contributed by atoms with van der Waals surface area (Å²) in [6.07, 6.45) is 1.71. The smallest absolute Gasteiger partial charge is 0.123 e. The fourth-order valence-electron chi connectivity index (χ4n) is 2.23. The van der Waals surface area contributed by atoms with Gasteiger partial charge in [0.2, 0.25) is 0 Å². The van der Waals surface area contributed by atoms with Gasteiger partial charge in [-0.05, 0) is 37.7 Å². The number of nitrogens with zero attached hydrogens (tertiary/aromatic N) is 1. The summed E-state index contributed by atoms with van der Waals surface area (Å²) in [5.74, 6) is 0.959. The van der Waals surface area contributed by atoms with Crippen LogP contribution in [0.15, 0.2) is 41.0 Å². The van der Waals surface area contributed by atoms with Gasteiger partial charge in [0.05, 0.1) is 12.8 Å². The standard InChI is InChI=1S/C16H21ClN2O/c1-3-18-11-14-15(17)8-5-9-16(14)19(4-2)12-13-7-6-10-20-13/h5-10,18H,3-4,11-12H2,1-2H3. The molecule has 0 radical (unpaired) electrons. The lowest BCUT2D eigenvalue weighted by atomic mass is 10.1. The minimum absolute atomic E-state index is 0.753. The summed E-state index contributed by atoms with van der Waals surface area (Å²) in [6.45, 7) is 7.59. The Labute approximate surface area is 125 Å². The molecule has 0 saturated heterocycles. The van der Waals surface area contributed by atoms with E-state index in [2.05, 4.69) is 30.1 Å². The minimum atomic E-state index is 0.753. The summed E-state index contributed by atoms with van der Waals surface area (Å²) in [5.41, 5.74) is 2.31. The highest BCUT2D eigenvalue weighted by atomic mass is 35.5. The van der Waals surface area contributed by atoms with Crippen molar-refractivity contribution in [3.8, 4) is 0 Å². The molecule has 1 N–H and O–H groups in total. The van der Waals surface area contributed by atoms with Crippen LogP contribution >= 0.6 is 11.6 Å². The van der Waals surface area contributed by atoms with Crippen LogP contribution < -0.4 is 10.2 Å². The fourth-order valence-corrected chi connectivity index (χ4v) is 2.46. The number of hydrogen-bond donors (Lipinski definition) is 1. The molecule has 1 aromatic carbocycles. The summed E-state index contributed by atoms with van der Waals surface area (Å²) < 4.78 is 5.45. The second kappa shape index (κ2) is 7.36. The number of halogens is 1. The minimum Gasteiger partial charge on any atom is -0.467 e. The Morgan fingerprint density at radius 3 is 2.70 bits per heavy atom. The molecule has 2 rings (SSSR count). The topological polar surface area (TPSA) is 28.4 Å². The van der Waals surface area contributed by atoms with Crippen molar-refractivity contribution >= 4 is 17.3 Å². The predicted octanol–water partition coefficient (Wildman–Crippen LogP) is 4.07. The van der Waals surface area contributed by atoms with Crippen molar-refractivity contribution in [2.24, 2.45) is 0 Å². The maximum absolute atomic E-state index is 6.36. The van der Waals surface area contributed by atoms with Crippen LogP contribution in [-0.4, -0.2) is 13.1 Å². The number of anilines is 1. The second-order valence-electron chi connectivity index (χ2n) is 4.61. The highest BCUT2D eigenvalue weighted by molar-refractivity contribution is 6.31. The third kappa shape index (κ3) is 3.56. The Morgan fingerprint density at radius 1 is 1.20 bits per heavy atom. The second-order valence-corrected chi connectivity index (χ2v) is 5.02. The number of benzene rings is 1. The van der Waals surface area contributed by atoms with Crippen LogP contribution in [0, 0.1) is 0 Å². The van der Waals surface area contributed by atoms with Crippen LogP contribution in [-0.2, 0) is 13.1 Å². The first-order chi connectivity index (χ1) is 9.76. The molecule has 20 heavy (non-hydrogen) atoms. The molecule has 0 aliphatic heterocycles. The Balaban J connectivity index is 2.26. The number of furan rings is 1. The molecule has 0 atom stereocenters. The highest BCUT2D eigenvalue weighted by Gasteiger charge is 2.13. The lowest BCUT2D eigenvalue weighted by molar-refractivity contribution is 0.503. The van der Waals surface area contributed by atoms with Gasteiger partial charge in [0, 0.05) is 29.4 Å². The van der Waals surface area contributed by atoms with E-state index in [1.807, 2.05) is 24.3 Å². The van der Waals surface area contributed by atoms with Crippen LogP contribution in [0.2, 0.25) is 5.02 Å². The summed E-state index contributed by atoms with van der Waals surface area (Å²) in [5, 5.41) is 4.16. The largest absolute Gasteiger partial charge is 0.467 e. The van der Waals surface area contributed by atoms with Gasteiger partial charge < -0.3 is 14.6 Å². The first kappa shape index (κ1) is 14.9. The van der Waals surface area contributed by atoms with Crippen molar-refractivity contribution < 1.29 is 4.42 Å². The van der Waals surface area contributed by atoms with Gasteiger partial charge in [-0.15, -0.1) is 0 Å². The van der Waals surface area contributed by atoms with Gasteiger partial charge in [-0.1, -0.05) is 24.6 Å². The molecule has 1 heterocycles. The van der Waals surface area contributed by atoms with Gasteiger partial charge in [0.15, 0.2) is 0 Å². The Hall–Kier alpha value is -1.45. The van der Waals surface area contributed by atoms with Crippen molar-refractivity contribution in [1.29, 1.82) is 0 Å². The highest BCUT2D eigenvalue weighted by Crippen LogP contribution is 2.28.